The van der Waals surface area contributed by atoms with Crippen LogP contribution < -0.4 is 10.1 Å². The molecule has 7 heteroatoms. The monoisotopic (exact) mass is 370 g/mol. The molecule has 140 valence electrons. The van der Waals surface area contributed by atoms with Gasteiger partial charge in [-0.3, -0.25) is 0 Å². The maximum atomic E-state index is 13.2. The third-order valence-corrected chi connectivity index (χ3v) is 4.63. The topological polar surface area (TPSA) is 52.0 Å². The molecule has 0 aliphatic carbocycles. The van der Waals surface area contributed by atoms with Crippen LogP contribution >= 0.6 is 0 Å². The first-order chi connectivity index (χ1) is 13.1. The summed E-state index contributed by atoms with van der Waals surface area (Å²) >= 11 is 0. The molecule has 2 aromatic carbocycles. The summed E-state index contributed by atoms with van der Waals surface area (Å²) in [4.78, 5) is 0. The Morgan fingerprint density at radius 3 is 2.56 bits per heavy atom. The van der Waals surface area contributed by atoms with E-state index in [0.29, 0.717) is 12.3 Å². The van der Waals surface area contributed by atoms with Gasteiger partial charge in [0, 0.05) is 37.7 Å². The lowest BCUT2D eigenvalue weighted by Gasteiger charge is -2.14. The number of hydrogen-bond acceptors (Lipinski definition) is 4. The summed E-state index contributed by atoms with van der Waals surface area (Å²) < 4.78 is 34.2. The molecular weight excluding hydrogens is 350 g/mol. The van der Waals surface area contributed by atoms with Crippen LogP contribution in [0.15, 0.2) is 42.5 Å². The summed E-state index contributed by atoms with van der Waals surface area (Å²) in [5.41, 5.74) is 1.07. The number of aryl methyl sites for hydroxylation is 1. The van der Waals surface area contributed by atoms with E-state index in [2.05, 4.69) is 27.0 Å². The van der Waals surface area contributed by atoms with Gasteiger partial charge in [0.1, 0.15) is 34.8 Å². The van der Waals surface area contributed by atoms with Gasteiger partial charge in [-0.25, -0.2) is 8.78 Å². The van der Waals surface area contributed by atoms with Crippen molar-refractivity contribution < 1.29 is 13.5 Å². The summed E-state index contributed by atoms with van der Waals surface area (Å²) in [7, 11) is 0. The van der Waals surface area contributed by atoms with E-state index in [-0.39, 0.29) is 11.8 Å². The molecule has 0 saturated heterocycles. The molecule has 1 aliphatic rings. The fourth-order valence-electron chi connectivity index (χ4n) is 3.25. The summed E-state index contributed by atoms with van der Waals surface area (Å²) in [5.74, 6) is 1.35. The van der Waals surface area contributed by atoms with Crippen molar-refractivity contribution in [2.45, 2.75) is 38.9 Å². The minimum Gasteiger partial charge on any atom is -0.457 e. The Bertz CT molecular complexity index is 919. The van der Waals surface area contributed by atoms with E-state index in [1.54, 1.807) is 12.1 Å². The van der Waals surface area contributed by atoms with Crippen molar-refractivity contribution in [2.24, 2.45) is 0 Å². The molecule has 1 aliphatic heterocycles. The predicted molar refractivity (Wildman–Crippen MR) is 96.5 cm³/mol. The lowest BCUT2D eigenvalue weighted by Crippen LogP contribution is -2.21. The van der Waals surface area contributed by atoms with Crippen molar-refractivity contribution in [1.82, 2.24) is 20.1 Å². The molecule has 0 saturated carbocycles. The maximum absolute atomic E-state index is 13.2. The van der Waals surface area contributed by atoms with Crippen molar-refractivity contribution in [3.63, 3.8) is 0 Å². The maximum Gasteiger partial charge on any atom is 0.149 e. The third kappa shape index (κ3) is 3.98. The van der Waals surface area contributed by atoms with Crippen LogP contribution in [0.2, 0.25) is 0 Å². The van der Waals surface area contributed by atoms with E-state index in [1.807, 2.05) is 12.1 Å². The van der Waals surface area contributed by atoms with Crippen LogP contribution in [0.1, 0.15) is 36.6 Å². The average Bonchev–Trinajstić information content (AvgIpc) is 3.23. The Morgan fingerprint density at radius 2 is 1.81 bits per heavy atom. The van der Waals surface area contributed by atoms with Crippen LogP contribution in [0.4, 0.5) is 8.78 Å². The number of fused-ring (bicyclic) bond motifs is 1. The zero-order valence-electron chi connectivity index (χ0n) is 15.0. The number of nitrogens with one attached hydrogen (secondary N) is 1. The van der Waals surface area contributed by atoms with E-state index in [4.69, 9.17) is 4.74 Å². The zero-order chi connectivity index (χ0) is 18.8. The van der Waals surface area contributed by atoms with Gasteiger partial charge in [-0.05, 0) is 31.0 Å². The van der Waals surface area contributed by atoms with Crippen LogP contribution in [0, 0.1) is 11.6 Å². The standard InChI is InChI=1S/C20H20F2N4O/c1-13(20-25-24-19-3-2-8-26(19)20)23-12-14-4-6-17(7-5-14)27-18-10-15(21)9-16(22)11-18/h4-7,9-11,13,23H,2-3,8,12H2,1H3. The number of hydrogen-bond donors (Lipinski definition) is 1. The molecule has 4 rings (SSSR count). The zero-order valence-corrected chi connectivity index (χ0v) is 15.0. The summed E-state index contributed by atoms with van der Waals surface area (Å²) in [6, 6.07) is 10.6. The largest absolute Gasteiger partial charge is 0.457 e. The van der Waals surface area contributed by atoms with E-state index in [1.165, 1.54) is 0 Å². The Morgan fingerprint density at radius 1 is 1.07 bits per heavy atom. The minimum absolute atomic E-state index is 0.0931. The Kier molecular flexibility index (Phi) is 4.85. The highest BCUT2D eigenvalue weighted by Gasteiger charge is 2.20. The number of benzene rings is 2. The van der Waals surface area contributed by atoms with E-state index in [0.717, 1.165) is 54.8 Å². The predicted octanol–water partition coefficient (Wildman–Crippen LogP) is 4.15. The number of aromatic nitrogens is 3. The summed E-state index contributed by atoms with van der Waals surface area (Å²) in [5, 5.41) is 12.0. The van der Waals surface area contributed by atoms with Crippen LogP contribution in [-0.2, 0) is 19.5 Å². The highest BCUT2D eigenvalue weighted by molar-refractivity contribution is 5.33. The lowest BCUT2D eigenvalue weighted by atomic mass is 10.2. The number of nitrogens with zero attached hydrogens (tertiary/aromatic N) is 3. The van der Waals surface area contributed by atoms with Gasteiger partial charge in [-0.15, -0.1) is 10.2 Å². The van der Waals surface area contributed by atoms with Crippen LogP contribution in [0.3, 0.4) is 0 Å². The number of halogens is 2. The quantitative estimate of drug-likeness (QED) is 0.708. The van der Waals surface area contributed by atoms with Gasteiger partial charge >= 0.3 is 0 Å². The first kappa shape index (κ1) is 17.6. The molecule has 0 amide bonds. The first-order valence-electron chi connectivity index (χ1n) is 8.97. The second kappa shape index (κ2) is 7.44. The Balaban J connectivity index is 1.36. The molecule has 1 aromatic heterocycles. The molecule has 1 N–H and O–H groups in total. The minimum atomic E-state index is -0.667. The van der Waals surface area contributed by atoms with Gasteiger partial charge in [-0.1, -0.05) is 12.1 Å². The molecule has 5 nitrogen and oxygen atoms in total. The second-order valence-corrected chi connectivity index (χ2v) is 6.68. The van der Waals surface area contributed by atoms with Gasteiger partial charge in [-0.2, -0.15) is 0 Å². The molecule has 0 fully saturated rings. The Hall–Kier alpha value is -2.80. The van der Waals surface area contributed by atoms with E-state index < -0.39 is 11.6 Å². The second-order valence-electron chi connectivity index (χ2n) is 6.68. The number of ether oxygens (including phenoxy) is 1. The molecule has 0 bridgehead atoms. The van der Waals surface area contributed by atoms with Crippen molar-refractivity contribution in [2.75, 3.05) is 0 Å². The van der Waals surface area contributed by atoms with Crippen LogP contribution in [-0.4, -0.2) is 14.8 Å². The molecule has 0 radical (unpaired) electrons. The molecule has 1 atom stereocenters. The van der Waals surface area contributed by atoms with Crippen LogP contribution in [0.5, 0.6) is 11.5 Å². The van der Waals surface area contributed by atoms with E-state index in [9.17, 15) is 8.78 Å². The average molecular weight is 370 g/mol. The third-order valence-electron chi connectivity index (χ3n) is 4.63. The van der Waals surface area contributed by atoms with Gasteiger partial charge in [0.25, 0.3) is 0 Å². The SMILES string of the molecule is CC(NCc1ccc(Oc2cc(F)cc(F)c2)cc1)c1nnc2n1CCC2. The highest BCUT2D eigenvalue weighted by Crippen LogP contribution is 2.24. The highest BCUT2D eigenvalue weighted by atomic mass is 19.1. The van der Waals surface area contributed by atoms with Crippen molar-refractivity contribution in [3.05, 3.63) is 71.3 Å². The first-order valence-corrected chi connectivity index (χ1v) is 8.97. The smallest absolute Gasteiger partial charge is 0.149 e. The molecule has 27 heavy (non-hydrogen) atoms. The normalized spacial score (nSPS) is 14.2. The van der Waals surface area contributed by atoms with E-state index >= 15 is 0 Å². The molecule has 2 heterocycles. The van der Waals surface area contributed by atoms with Crippen LogP contribution in [0.25, 0.3) is 0 Å². The lowest BCUT2D eigenvalue weighted by molar-refractivity contribution is 0.467. The van der Waals surface area contributed by atoms with Gasteiger partial charge < -0.3 is 14.6 Å². The molecule has 3 aromatic rings. The Labute approximate surface area is 156 Å². The van der Waals surface area contributed by atoms with Crippen molar-refractivity contribution in [3.8, 4) is 11.5 Å². The van der Waals surface area contributed by atoms with Gasteiger partial charge in [0.2, 0.25) is 0 Å². The molecule has 1 unspecified atom stereocenters. The summed E-state index contributed by atoms with van der Waals surface area (Å²) in [6.45, 7) is 3.72. The van der Waals surface area contributed by atoms with Crippen molar-refractivity contribution >= 4 is 0 Å². The molecule has 0 spiro atoms. The van der Waals surface area contributed by atoms with Crippen molar-refractivity contribution in [1.29, 1.82) is 0 Å². The van der Waals surface area contributed by atoms with Gasteiger partial charge in [0.15, 0.2) is 0 Å². The fraction of sp³-hybridized carbons (Fsp3) is 0.300. The fourth-order valence-corrected chi connectivity index (χ4v) is 3.25. The number of rotatable bonds is 6. The van der Waals surface area contributed by atoms with Gasteiger partial charge in [0.05, 0.1) is 6.04 Å². The molecular formula is C20H20F2N4O. The summed E-state index contributed by atoms with van der Waals surface area (Å²) in [6.07, 6.45) is 2.12.